The van der Waals surface area contributed by atoms with Crippen molar-refractivity contribution >= 4 is 22.6 Å². The summed E-state index contributed by atoms with van der Waals surface area (Å²) in [4.78, 5) is 0. The van der Waals surface area contributed by atoms with Gasteiger partial charge in [-0.05, 0) is 13.8 Å². The first-order valence-corrected chi connectivity index (χ1v) is 7.66. The van der Waals surface area contributed by atoms with Gasteiger partial charge in [-0.25, -0.2) is 22.3 Å². The zero-order valence-corrected chi connectivity index (χ0v) is 15.8. The Hall–Kier alpha value is -0.400. The monoisotopic (exact) mass is 586 g/mol. The van der Waals surface area contributed by atoms with Gasteiger partial charge in [0, 0.05) is 22.6 Å². The summed E-state index contributed by atoms with van der Waals surface area (Å²) in [6.45, 7) is 0.814. The van der Waals surface area contributed by atoms with E-state index in [2.05, 4.69) is 4.74 Å². The molecule has 0 aliphatic carbocycles. The van der Waals surface area contributed by atoms with Crippen molar-refractivity contribution in [3.05, 3.63) is 0 Å². The molecule has 2 nitrogen and oxygen atoms in total. The van der Waals surface area contributed by atoms with Gasteiger partial charge in [-0.3, -0.25) is 0 Å². The maximum Gasteiger partial charge on any atom is 0.527 e. The first-order valence-electron chi connectivity index (χ1n) is 6.58. The van der Waals surface area contributed by atoms with Crippen LogP contribution in [0.3, 0.4) is 0 Å². The van der Waals surface area contributed by atoms with Gasteiger partial charge in [0.2, 0.25) is 0 Å². The fraction of sp³-hybridized carbons (Fsp3) is 1.00. The van der Waals surface area contributed by atoms with Crippen LogP contribution in [0.2, 0.25) is 0 Å². The normalized spacial score (nSPS) is 16.6. The van der Waals surface area contributed by atoms with E-state index in [1.54, 1.807) is 0 Å². The van der Waals surface area contributed by atoms with Crippen molar-refractivity contribution in [1.82, 2.24) is 0 Å². The Kier molecular flexibility index (Phi) is 10.9. The average Bonchev–Trinajstić information content (AvgIpc) is 2.43. The highest BCUT2D eigenvalue weighted by molar-refractivity contribution is 14.1. The molecule has 2 atom stereocenters. The summed E-state index contributed by atoms with van der Waals surface area (Å²) in [6, 6.07) is 0. The first-order chi connectivity index (χ1) is 12.4. The Bertz CT molecular complexity index is 464. The smallest absolute Gasteiger partial charge is 0.363 e. The van der Waals surface area contributed by atoms with Gasteiger partial charge in [0.05, 0.1) is 0 Å². The molecule has 0 saturated carbocycles. The molecule has 29 heavy (non-hydrogen) atoms. The van der Waals surface area contributed by atoms with Crippen LogP contribution in [0.25, 0.3) is 0 Å². The Balaban J connectivity index is 0. The topological polar surface area (TPSA) is 18.5 Å². The molecule has 18 heteroatoms. The highest BCUT2D eigenvalue weighted by atomic mass is 127. The van der Waals surface area contributed by atoms with Crippen molar-refractivity contribution in [2.24, 2.45) is 0 Å². The molecule has 0 spiro atoms. The number of rotatable bonds is 8. The van der Waals surface area contributed by atoms with Crippen LogP contribution in [0, 0.1) is 0 Å². The quantitative estimate of drug-likeness (QED) is 0.179. The second-order valence-electron chi connectivity index (χ2n) is 4.93. The molecule has 0 aromatic heterocycles. The van der Waals surface area contributed by atoms with Gasteiger partial charge < -0.3 is 4.74 Å². The second kappa shape index (κ2) is 10.3. The van der Waals surface area contributed by atoms with Crippen LogP contribution in [-0.2, 0) is 9.47 Å². The van der Waals surface area contributed by atoms with E-state index < -0.39 is 53.3 Å². The standard InChI is InChI=1S/C8H10F8O.C3F7IO/c1-3(7(13,14)5(9)10)17-4(2)8(15,16)6(11)12;4-1(5,11)2(6,7)12-3(8,9)10/h3-6H,1-2H3;. The van der Waals surface area contributed by atoms with Crippen molar-refractivity contribution in [3.8, 4) is 0 Å². The predicted octanol–water partition coefficient (Wildman–Crippen LogP) is 6.72. The molecule has 178 valence electrons. The Morgan fingerprint density at radius 2 is 0.897 bits per heavy atom. The van der Waals surface area contributed by atoms with E-state index in [1.165, 1.54) is 0 Å². The molecule has 0 aromatic carbocycles. The lowest BCUT2D eigenvalue weighted by Gasteiger charge is -2.29. The largest absolute Gasteiger partial charge is 0.527 e. The molecule has 0 heterocycles. The van der Waals surface area contributed by atoms with Crippen LogP contribution in [0.5, 0.6) is 0 Å². The zero-order valence-electron chi connectivity index (χ0n) is 13.7. The van der Waals surface area contributed by atoms with Crippen LogP contribution >= 0.6 is 22.6 Å². The minimum Gasteiger partial charge on any atom is -0.363 e. The summed E-state index contributed by atoms with van der Waals surface area (Å²) in [5, 5.41) is 0. The summed E-state index contributed by atoms with van der Waals surface area (Å²) < 4.78 is 178. The molecular formula is C11H10F15IO2. The molecule has 0 amide bonds. The minimum absolute atomic E-state index is 0.149. The van der Waals surface area contributed by atoms with Gasteiger partial charge in [-0.2, -0.15) is 35.1 Å². The number of alkyl halides is 16. The van der Waals surface area contributed by atoms with Crippen LogP contribution in [0.1, 0.15) is 13.8 Å². The molecule has 0 saturated heterocycles. The number of hydrogen-bond donors (Lipinski definition) is 0. The zero-order chi connectivity index (χ0) is 24.2. The second-order valence-corrected chi connectivity index (χ2v) is 6.29. The molecular weight excluding hydrogens is 576 g/mol. The highest BCUT2D eigenvalue weighted by Crippen LogP contribution is 2.43. The van der Waals surface area contributed by atoms with Gasteiger partial charge in [-0.1, -0.05) is 0 Å². The van der Waals surface area contributed by atoms with Crippen LogP contribution in [0.15, 0.2) is 0 Å². The van der Waals surface area contributed by atoms with Gasteiger partial charge >= 0.3 is 41.1 Å². The molecule has 0 N–H and O–H groups in total. The third kappa shape index (κ3) is 9.97. The first kappa shape index (κ1) is 30.8. The van der Waals surface area contributed by atoms with E-state index in [1.807, 2.05) is 4.74 Å². The highest BCUT2D eigenvalue weighted by Gasteiger charge is 2.61. The van der Waals surface area contributed by atoms with E-state index in [-0.39, 0.29) is 22.6 Å². The van der Waals surface area contributed by atoms with E-state index in [0.717, 1.165) is 0 Å². The number of hydrogen-bond acceptors (Lipinski definition) is 2. The van der Waals surface area contributed by atoms with E-state index in [4.69, 9.17) is 0 Å². The Morgan fingerprint density at radius 1 is 0.621 bits per heavy atom. The Labute approximate surface area is 165 Å². The lowest BCUT2D eigenvalue weighted by molar-refractivity contribution is -0.449. The van der Waals surface area contributed by atoms with Gasteiger partial charge in [-0.15, -0.1) is 13.2 Å². The van der Waals surface area contributed by atoms with Gasteiger partial charge in [0.15, 0.2) is 0 Å². The average molecular weight is 586 g/mol. The third-order valence-corrected chi connectivity index (χ3v) is 3.28. The summed E-state index contributed by atoms with van der Waals surface area (Å²) in [5.41, 5.74) is 0. The molecule has 0 aliphatic rings. The van der Waals surface area contributed by atoms with Crippen molar-refractivity contribution in [1.29, 1.82) is 0 Å². The summed E-state index contributed by atoms with van der Waals surface area (Å²) in [7, 11) is 0. The van der Waals surface area contributed by atoms with Gasteiger partial charge in [0.1, 0.15) is 12.2 Å². The lowest BCUT2D eigenvalue weighted by Crippen LogP contribution is -2.47. The molecule has 0 aliphatic heterocycles. The van der Waals surface area contributed by atoms with Gasteiger partial charge in [0.25, 0.3) is 0 Å². The molecule has 0 aromatic rings. The van der Waals surface area contributed by atoms with Crippen LogP contribution < -0.4 is 0 Å². The maximum atomic E-state index is 12.6. The molecule has 0 rings (SSSR count). The SMILES string of the molecule is CC(OC(C)C(F)(F)C(F)F)C(F)(F)C(F)F.FC(F)(F)OC(F)(F)C(F)(F)I. The van der Waals surface area contributed by atoms with Crippen molar-refractivity contribution < 1.29 is 75.3 Å². The lowest BCUT2D eigenvalue weighted by atomic mass is 10.2. The fourth-order valence-corrected chi connectivity index (χ4v) is 1.16. The fourth-order valence-electron chi connectivity index (χ4n) is 1.05. The van der Waals surface area contributed by atoms with Crippen LogP contribution in [-0.4, -0.2) is 53.3 Å². The van der Waals surface area contributed by atoms with Crippen molar-refractivity contribution in [2.45, 2.75) is 67.2 Å². The molecule has 0 bridgehead atoms. The Morgan fingerprint density at radius 3 is 1.03 bits per heavy atom. The molecule has 2 unspecified atom stereocenters. The van der Waals surface area contributed by atoms with Crippen molar-refractivity contribution in [2.75, 3.05) is 0 Å². The van der Waals surface area contributed by atoms with Crippen LogP contribution in [0.4, 0.5) is 65.9 Å². The number of halogens is 16. The van der Waals surface area contributed by atoms with Crippen molar-refractivity contribution in [3.63, 3.8) is 0 Å². The van der Waals surface area contributed by atoms with E-state index >= 15 is 0 Å². The summed E-state index contributed by atoms with van der Waals surface area (Å²) in [5.74, 6) is -9.38. The molecule has 0 radical (unpaired) electrons. The number of ether oxygens (including phenoxy) is 2. The minimum atomic E-state index is -5.79. The summed E-state index contributed by atoms with van der Waals surface area (Å²) in [6.07, 6.45) is -24.8. The maximum absolute atomic E-state index is 12.6. The van der Waals surface area contributed by atoms with E-state index in [9.17, 15) is 65.9 Å². The molecule has 0 fully saturated rings. The summed E-state index contributed by atoms with van der Waals surface area (Å²) >= 11 is -0.149. The predicted molar refractivity (Wildman–Crippen MR) is 73.0 cm³/mol. The van der Waals surface area contributed by atoms with E-state index in [0.29, 0.717) is 13.8 Å². The third-order valence-electron chi connectivity index (χ3n) is 2.65.